The predicted molar refractivity (Wildman–Crippen MR) is 107 cm³/mol. The van der Waals surface area contributed by atoms with Crippen molar-refractivity contribution in [2.45, 2.75) is 6.54 Å². The molecular weight excluding hydrogens is 374 g/mol. The van der Waals surface area contributed by atoms with Gasteiger partial charge in [-0.2, -0.15) is 5.10 Å². The van der Waals surface area contributed by atoms with Crippen molar-refractivity contribution in [1.29, 1.82) is 0 Å². The van der Waals surface area contributed by atoms with E-state index < -0.39 is 4.92 Å². The van der Waals surface area contributed by atoms with Crippen molar-refractivity contribution >= 4 is 39.6 Å². The van der Waals surface area contributed by atoms with Crippen LogP contribution in [0.2, 0.25) is 0 Å². The lowest BCUT2D eigenvalue weighted by molar-refractivity contribution is -0.382. The van der Waals surface area contributed by atoms with Crippen LogP contribution in [0.25, 0.3) is 10.9 Å². The van der Waals surface area contributed by atoms with E-state index in [2.05, 4.69) is 25.7 Å². The Balaban J connectivity index is 1.51. The van der Waals surface area contributed by atoms with E-state index in [1.54, 1.807) is 61.2 Å². The van der Waals surface area contributed by atoms with Crippen LogP contribution in [0, 0.1) is 10.1 Å². The molecule has 4 rings (SSSR count). The molecule has 10 nitrogen and oxygen atoms in total. The highest BCUT2D eigenvalue weighted by Crippen LogP contribution is 2.34. The highest BCUT2D eigenvalue weighted by molar-refractivity contribution is 5.95. The number of carbonyl (C=O) groups excluding carboxylic acids is 1. The predicted octanol–water partition coefficient (Wildman–Crippen LogP) is 3.12. The third-order valence-corrected chi connectivity index (χ3v) is 4.10. The van der Waals surface area contributed by atoms with Crippen molar-refractivity contribution < 1.29 is 9.72 Å². The molecule has 1 amide bonds. The molecule has 3 heterocycles. The van der Waals surface area contributed by atoms with Gasteiger partial charge in [0.15, 0.2) is 0 Å². The van der Waals surface area contributed by atoms with Gasteiger partial charge < -0.3 is 10.6 Å². The number of amides is 1. The standard InChI is InChI=1S/C19H15N7O3/c27-18(24-13-3-1-7-20-9-13)12-25-11-14(10-22-25)23-17-6-5-16-15(4-2-8-21-16)19(17)26(28)29/h1-11,23H,12H2,(H,24,27). The van der Waals surface area contributed by atoms with Crippen molar-refractivity contribution in [1.82, 2.24) is 19.7 Å². The number of hydrogen-bond acceptors (Lipinski definition) is 7. The first-order chi connectivity index (χ1) is 14.1. The maximum Gasteiger partial charge on any atom is 0.301 e. The van der Waals surface area contributed by atoms with E-state index in [0.717, 1.165) is 0 Å². The monoisotopic (exact) mass is 389 g/mol. The van der Waals surface area contributed by atoms with E-state index in [0.29, 0.717) is 28.0 Å². The Bertz CT molecular complexity index is 1190. The van der Waals surface area contributed by atoms with Gasteiger partial charge in [0, 0.05) is 18.6 Å². The van der Waals surface area contributed by atoms with Crippen LogP contribution in [0.3, 0.4) is 0 Å². The summed E-state index contributed by atoms with van der Waals surface area (Å²) in [5.74, 6) is -0.268. The first-order valence-corrected chi connectivity index (χ1v) is 8.61. The molecule has 29 heavy (non-hydrogen) atoms. The van der Waals surface area contributed by atoms with Crippen LogP contribution in [0.4, 0.5) is 22.7 Å². The van der Waals surface area contributed by atoms with Crippen molar-refractivity contribution in [2.75, 3.05) is 10.6 Å². The average Bonchev–Trinajstić information content (AvgIpc) is 3.14. The number of pyridine rings is 2. The maximum absolute atomic E-state index is 12.1. The summed E-state index contributed by atoms with van der Waals surface area (Å²) >= 11 is 0. The number of benzene rings is 1. The third-order valence-electron chi connectivity index (χ3n) is 4.10. The Labute approximate surface area is 164 Å². The topological polar surface area (TPSA) is 128 Å². The molecule has 0 radical (unpaired) electrons. The third kappa shape index (κ3) is 4.00. The summed E-state index contributed by atoms with van der Waals surface area (Å²) in [5, 5.41) is 21.9. The number of nitro groups is 1. The van der Waals surface area contributed by atoms with Gasteiger partial charge in [-0.15, -0.1) is 0 Å². The first kappa shape index (κ1) is 18.0. The molecule has 0 aliphatic heterocycles. The van der Waals surface area contributed by atoms with E-state index in [4.69, 9.17) is 0 Å². The van der Waals surface area contributed by atoms with Gasteiger partial charge in [-0.05, 0) is 36.4 Å². The molecule has 0 aliphatic rings. The molecule has 4 aromatic rings. The molecular formula is C19H15N7O3. The highest BCUT2D eigenvalue weighted by atomic mass is 16.6. The van der Waals surface area contributed by atoms with Gasteiger partial charge >= 0.3 is 5.69 Å². The van der Waals surface area contributed by atoms with Crippen LogP contribution in [-0.4, -0.2) is 30.6 Å². The fourth-order valence-electron chi connectivity index (χ4n) is 2.89. The zero-order valence-corrected chi connectivity index (χ0v) is 15.0. The largest absolute Gasteiger partial charge is 0.347 e. The maximum atomic E-state index is 12.1. The quantitative estimate of drug-likeness (QED) is 0.383. The fraction of sp³-hybridized carbons (Fsp3) is 0.0526. The Morgan fingerprint density at radius 2 is 1.97 bits per heavy atom. The number of nitrogens with zero attached hydrogens (tertiary/aromatic N) is 5. The first-order valence-electron chi connectivity index (χ1n) is 8.61. The average molecular weight is 389 g/mol. The van der Waals surface area contributed by atoms with Gasteiger partial charge in [0.05, 0.1) is 39.6 Å². The number of anilines is 3. The number of aromatic nitrogens is 4. The summed E-state index contributed by atoms with van der Waals surface area (Å²) < 4.78 is 1.43. The van der Waals surface area contributed by atoms with Gasteiger partial charge in [-0.1, -0.05) is 0 Å². The summed E-state index contributed by atoms with van der Waals surface area (Å²) in [6, 6.07) is 10.1. The lowest BCUT2D eigenvalue weighted by Gasteiger charge is -2.07. The zero-order valence-electron chi connectivity index (χ0n) is 15.0. The Morgan fingerprint density at radius 3 is 2.76 bits per heavy atom. The molecule has 0 saturated heterocycles. The molecule has 0 fully saturated rings. The summed E-state index contributed by atoms with van der Waals surface area (Å²) in [6.45, 7) is -0.0136. The molecule has 3 aromatic heterocycles. The number of hydrogen-bond donors (Lipinski definition) is 2. The van der Waals surface area contributed by atoms with Gasteiger partial charge in [0.1, 0.15) is 12.2 Å². The fourth-order valence-corrected chi connectivity index (χ4v) is 2.89. The molecule has 0 saturated carbocycles. The zero-order chi connectivity index (χ0) is 20.2. The van der Waals surface area contributed by atoms with Crippen LogP contribution in [0.1, 0.15) is 0 Å². The van der Waals surface area contributed by atoms with E-state index in [1.165, 1.54) is 10.9 Å². The Hall–Kier alpha value is -4.34. The minimum absolute atomic E-state index is 0.0136. The van der Waals surface area contributed by atoms with Gasteiger partial charge in [-0.3, -0.25) is 29.6 Å². The SMILES string of the molecule is O=C(Cn1cc(Nc2ccc3ncccc3c2[N+](=O)[O-])cn1)Nc1cccnc1. The van der Waals surface area contributed by atoms with Crippen molar-refractivity contribution in [3.8, 4) is 0 Å². The second kappa shape index (κ2) is 7.72. The molecule has 2 N–H and O–H groups in total. The molecule has 0 unspecified atom stereocenters. The van der Waals surface area contributed by atoms with Crippen LogP contribution >= 0.6 is 0 Å². The lowest BCUT2D eigenvalue weighted by Crippen LogP contribution is -2.19. The molecule has 144 valence electrons. The molecule has 0 atom stereocenters. The molecule has 1 aromatic carbocycles. The summed E-state index contributed by atoms with van der Waals surface area (Å²) in [7, 11) is 0. The number of nitrogens with one attached hydrogen (secondary N) is 2. The highest BCUT2D eigenvalue weighted by Gasteiger charge is 2.19. The lowest BCUT2D eigenvalue weighted by atomic mass is 10.1. The number of fused-ring (bicyclic) bond motifs is 1. The van der Waals surface area contributed by atoms with E-state index >= 15 is 0 Å². The molecule has 10 heteroatoms. The second-order valence-corrected chi connectivity index (χ2v) is 6.13. The minimum atomic E-state index is -0.446. The molecule has 0 spiro atoms. The van der Waals surface area contributed by atoms with Gasteiger partial charge in [0.25, 0.3) is 0 Å². The Kier molecular flexibility index (Phi) is 4.81. The molecule has 0 aliphatic carbocycles. The minimum Gasteiger partial charge on any atom is -0.347 e. The number of rotatable bonds is 6. The molecule has 0 bridgehead atoms. The number of carbonyl (C=O) groups is 1. The van der Waals surface area contributed by atoms with Crippen LogP contribution < -0.4 is 10.6 Å². The van der Waals surface area contributed by atoms with Crippen LogP contribution in [0.5, 0.6) is 0 Å². The van der Waals surface area contributed by atoms with Crippen molar-refractivity contribution in [3.63, 3.8) is 0 Å². The van der Waals surface area contributed by atoms with Crippen LogP contribution in [-0.2, 0) is 11.3 Å². The Morgan fingerprint density at radius 1 is 1.10 bits per heavy atom. The van der Waals surface area contributed by atoms with E-state index in [1.807, 2.05) is 0 Å². The van der Waals surface area contributed by atoms with Crippen molar-refractivity contribution in [3.05, 3.63) is 77.5 Å². The van der Waals surface area contributed by atoms with Gasteiger partial charge in [-0.25, -0.2) is 0 Å². The summed E-state index contributed by atoms with van der Waals surface area (Å²) in [6.07, 6.45) is 7.83. The summed E-state index contributed by atoms with van der Waals surface area (Å²) in [5.41, 5.74) is 1.88. The van der Waals surface area contributed by atoms with Crippen molar-refractivity contribution in [2.24, 2.45) is 0 Å². The summed E-state index contributed by atoms with van der Waals surface area (Å²) in [4.78, 5) is 31.4. The van der Waals surface area contributed by atoms with E-state index in [-0.39, 0.29) is 18.1 Å². The normalized spacial score (nSPS) is 10.6. The van der Waals surface area contributed by atoms with E-state index in [9.17, 15) is 14.9 Å². The number of nitro benzene ring substituents is 1. The second-order valence-electron chi connectivity index (χ2n) is 6.13. The van der Waals surface area contributed by atoms with Gasteiger partial charge in [0.2, 0.25) is 5.91 Å². The smallest absolute Gasteiger partial charge is 0.301 e. The van der Waals surface area contributed by atoms with Crippen LogP contribution in [0.15, 0.2) is 67.4 Å².